The van der Waals surface area contributed by atoms with Gasteiger partial charge in [-0.05, 0) is 69.9 Å². The van der Waals surface area contributed by atoms with Crippen molar-refractivity contribution in [2.24, 2.45) is 5.92 Å². The van der Waals surface area contributed by atoms with Gasteiger partial charge in [-0.2, -0.15) is 0 Å². The summed E-state index contributed by atoms with van der Waals surface area (Å²) in [6.07, 6.45) is 16.4. The molecule has 0 heterocycles. The van der Waals surface area contributed by atoms with Crippen molar-refractivity contribution < 1.29 is 19.1 Å². The molecule has 0 unspecified atom stereocenters. The van der Waals surface area contributed by atoms with Crippen LogP contribution in [0.3, 0.4) is 0 Å². The van der Waals surface area contributed by atoms with E-state index in [2.05, 4.69) is 39.8 Å². The highest BCUT2D eigenvalue weighted by atomic mass is 16.5. The first-order valence-electron chi connectivity index (χ1n) is 10.2. The number of ether oxygens (including phenoxy) is 2. The highest BCUT2D eigenvalue weighted by molar-refractivity contribution is 5.67. The summed E-state index contributed by atoms with van der Waals surface area (Å²) in [5, 5.41) is 0. The number of esters is 2. The summed E-state index contributed by atoms with van der Waals surface area (Å²) in [6.45, 7) is 11.6. The third-order valence-electron chi connectivity index (χ3n) is 4.20. The summed E-state index contributed by atoms with van der Waals surface area (Å²) in [6, 6.07) is 0. The summed E-state index contributed by atoms with van der Waals surface area (Å²) < 4.78 is 9.74. The van der Waals surface area contributed by atoms with Gasteiger partial charge in [-0.15, -0.1) is 0 Å². The van der Waals surface area contributed by atoms with Crippen molar-refractivity contribution >= 4 is 11.9 Å². The van der Waals surface area contributed by atoms with Gasteiger partial charge in [0.25, 0.3) is 0 Å². The molecule has 0 amide bonds. The molecule has 0 N–H and O–H groups in total. The predicted molar refractivity (Wildman–Crippen MR) is 115 cm³/mol. The van der Waals surface area contributed by atoms with Crippen molar-refractivity contribution in [1.82, 2.24) is 0 Å². The quantitative estimate of drug-likeness (QED) is 0.150. The Morgan fingerprint density at radius 1 is 0.821 bits per heavy atom. The Bertz CT molecular complexity index is 592. The zero-order chi connectivity index (χ0) is 21.4. The number of hydrogen-bond donors (Lipinski definition) is 0. The molecule has 0 bridgehead atoms. The van der Waals surface area contributed by atoms with Gasteiger partial charge < -0.3 is 9.47 Å². The average Bonchev–Trinajstić information content (AvgIpc) is 2.58. The fourth-order valence-corrected chi connectivity index (χ4v) is 2.58. The molecule has 0 aliphatic rings. The van der Waals surface area contributed by atoms with E-state index in [1.807, 2.05) is 0 Å². The van der Waals surface area contributed by atoms with Gasteiger partial charge in [0.15, 0.2) is 0 Å². The van der Waals surface area contributed by atoms with Crippen LogP contribution in [0.15, 0.2) is 47.5 Å². The van der Waals surface area contributed by atoms with E-state index >= 15 is 0 Å². The number of carbonyl (C=O) groups is 2. The molecule has 0 saturated heterocycles. The summed E-state index contributed by atoms with van der Waals surface area (Å²) in [4.78, 5) is 21.8. The zero-order valence-electron chi connectivity index (χ0n) is 18.5. The Balaban J connectivity index is 4.41. The lowest BCUT2D eigenvalue weighted by molar-refractivity contribution is -0.136. The van der Waals surface area contributed by atoms with Crippen LogP contribution in [-0.2, 0) is 19.1 Å². The van der Waals surface area contributed by atoms with Crippen LogP contribution in [-0.4, -0.2) is 11.9 Å². The van der Waals surface area contributed by atoms with Gasteiger partial charge in [0.05, 0.1) is 12.5 Å². The maximum Gasteiger partial charge on any atom is 0.307 e. The normalized spacial score (nSPS) is 13.3. The van der Waals surface area contributed by atoms with Gasteiger partial charge in [0, 0.05) is 13.8 Å². The van der Waals surface area contributed by atoms with Crippen LogP contribution in [0.25, 0.3) is 0 Å². The Morgan fingerprint density at radius 3 is 1.96 bits per heavy atom. The summed E-state index contributed by atoms with van der Waals surface area (Å²) >= 11 is 0. The number of carbonyl (C=O) groups excluding carboxylic acids is 2. The molecular weight excluding hydrogens is 352 g/mol. The lowest BCUT2D eigenvalue weighted by atomic mass is 10.0. The lowest BCUT2D eigenvalue weighted by Gasteiger charge is -2.05. The summed E-state index contributed by atoms with van der Waals surface area (Å²) in [5.41, 5.74) is 3.62. The van der Waals surface area contributed by atoms with E-state index < -0.39 is 0 Å². The number of hydrogen-bond acceptors (Lipinski definition) is 4. The van der Waals surface area contributed by atoms with Crippen molar-refractivity contribution in [1.29, 1.82) is 0 Å². The molecule has 0 rings (SSSR count). The maximum absolute atomic E-state index is 11.0. The topological polar surface area (TPSA) is 52.6 Å². The molecule has 0 aromatic carbocycles. The van der Waals surface area contributed by atoms with Gasteiger partial charge in [-0.1, -0.05) is 43.6 Å². The van der Waals surface area contributed by atoms with Crippen molar-refractivity contribution in [3.05, 3.63) is 47.5 Å². The summed E-state index contributed by atoms with van der Waals surface area (Å²) in [7, 11) is 0. The first-order valence-corrected chi connectivity index (χ1v) is 10.2. The van der Waals surface area contributed by atoms with Gasteiger partial charge in [-0.25, -0.2) is 0 Å². The highest BCUT2D eigenvalue weighted by Crippen LogP contribution is 2.15. The molecule has 0 radical (unpaired) electrons. The third-order valence-corrected chi connectivity index (χ3v) is 4.20. The average molecular weight is 391 g/mol. The molecular formula is C24H38O4. The number of allylic oxidation sites excluding steroid dienone is 6. The smallest absolute Gasteiger partial charge is 0.307 e. The second-order valence-corrected chi connectivity index (χ2v) is 7.68. The van der Waals surface area contributed by atoms with E-state index in [1.54, 1.807) is 6.08 Å². The fraction of sp³-hybridized carbons (Fsp3) is 0.583. The second kappa shape index (κ2) is 15.9. The first-order chi connectivity index (χ1) is 13.2. The van der Waals surface area contributed by atoms with Crippen LogP contribution in [0.4, 0.5) is 0 Å². The third kappa shape index (κ3) is 17.3. The number of rotatable bonds is 13. The Labute approximate surface area is 171 Å². The second-order valence-electron chi connectivity index (χ2n) is 7.68. The molecule has 28 heavy (non-hydrogen) atoms. The molecule has 0 aliphatic carbocycles. The summed E-state index contributed by atoms with van der Waals surface area (Å²) in [5.74, 6) is 0.0219. The Hall–Kier alpha value is -2.10. The first kappa shape index (κ1) is 25.9. The van der Waals surface area contributed by atoms with Crippen molar-refractivity contribution in [3.8, 4) is 0 Å². The minimum absolute atomic E-state index is 0.374. The van der Waals surface area contributed by atoms with Crippen LogP contribution in [0, 0.1) is 5.92 Å². The van der Waals surface area contributed by atoms with Crippen LogP contribution in [0.2, 0.25) is 0 Å². The molecule has 0 spiro atoms. The molecule has 0 atom stereocenters. The van der Waals surface area contributed by atoms with Crippen LogP contribution in [0.5, 0.6) is 0 Å². The molecule has 4 heteroatoms. The SMILES string of the molecule is CC(=O)O/C=C/C(=C/OC(C)=O)CC/C=C(\C)CC/C=C(\C)CCCC(C)C. The van der Waals surface area contributed by atoms with Gasteiger partial charge >= 0.3 is 11.9 Å². The lowest BCUT2D eigenvalue weighted by Crippen LogP contribution is -1.93. The van der Waals surface area contributed by atoms with Gasteiger partial charge in [0.1, 0.15) is 0 Å². The van der Waals surface area contributed by atoms with Crippen molar-refractivity contribution in [2.75, 3.05) is 0 Å². The molecule has 0 aromatic rings. The zero-order valence-corrected chi connectivity index (χ0v) is 18.5. The van der Waals surface area contributed by atoms with E-state index in [1.165, 1.54) is 56.8 Å². The minimum atomic E-state index is -0.383. The van der Waals surface area contributed by atoms with Crippen molar-refractivity contribution in [3.63, 3.8) is 0 Å². The molecule has 0 aromatic heterocycles. The predicted octanol–water partition coefficient (Wildman–Crippen LogP) is 6.79. The molecule has 4 nitrogen and oxygen atoms in total. The Morgan fingerprint density at radius 2 is 1.39 bits per heavy atom. The van der Waals surface area contributed by atoms with Crippen LogP contribution in [0.1, 0.15) is 86.5 Å². The molecule has 158 valence electrons. The van der Waals surface area contributed by atoms with Gasteiger partial charge in [0.2, 0.25) is 0 Å². The van der Waals surface area contributed by atoms with Crippen LogP contribution >= 0.6 is 0 Å². The molecule has 0 aliphatic heterocycles. The maximum atomic E-state index is 11.0. The van der Waals surface area contributed by atoms with E-state index in [9.17, 15) is 9.59 Å². The van der Waals surface area contributed by atoms with E-state index in [0.29, 0.717) is 6.42 Å². The Kier molecular flexibility index (Phi) is 14.7. The van der Waals surface area contributed by atoms with E-state index in [-0.39, 0.29) is 11.9 Å². The molecule has 0 saturated carbocycles. The standard InChI is InChI=1S/C24H38O4/c1-19(2)10-7-11-20(3)12-8-13-21(4)14-9-15-24(18-28-23(6)26)16-17-27-22(5)25/h12,14,16-19H,7-11,13,15H2,1-6H3/b17-16+,20-12+,21-14+,24-18+. The monoisotopic (exact) mass is 390 g/mol. The van der Waals surface area contributed by atoms with Gasteiger partial charge in [-0.3, -0.25) is 9.59 Å². The van der Waals surface area contributed by atoms with E-state index in [0.717, 1.165) is 30.8 Å². The fourth-order valence-electron chi connectivity index (χ4n) is 2.58. The van der Waals surface area contributed by atoms with E-state index in [4.69, 9.17) is 9.47 Å². The van der Waals surface area contributed by atoms with Crippen LogP contribution < -0.4 is 0 Å². The van der Waals surface area contributed by atoms with Crippen molar-refractivity contribution in [2.45, 2.75) is 86.5 Å². The minimum Gasteiger partial charge on any atom is -0.435 e. The largest absolute Gasteiger partial charge is 0.435 e. The highest BCUT2D eigenvalue weighted by Gasteiger charge is 1.98. The molecule has 0 fully saturated rings.